The molecule has 12 heavy (non-hydrogen) atoms. The lowest BCUT2D eigenvalue weighted by molar-refractivity contribution is 0.0828. The Labute approximate surface area is 76.1 Å². The van der Waals surface area contributed by atoms with E-state index >= 15 is 0 Å². The molecule has 1 heterocycles. The molecule has 2 rings (SSSR count). The third-order valence-electron chi connectivity index (χ3n) is 4.09. The molecule has 1 saturated carbocycles. The van der Waals surface area contributed by atoms with Crippen molar-refractivity contribution in [2.24, 2.45) is 11.8 Å². The van der Waals surface area contributed by atoms with Crippen molar-refractivity contribution in [2.45, 2.75) is 45.1 Å². The van der Waals surface area contributed by atoms with Crippen LogP contribution in [0.5, 0.6) is 0 Å². The van der Waals surface area contributed by atoms with Gasteiger partial charge in [-0.25, -0.2) is 0 Å². The SMILES string of the molecule is C[C@H]1C2CCCCC1N(C)CC2. The van der Waals surface area contributed by atoms with Gasteiger partial charge in [0.15, 0.2) is 0 Å². The third-order valence-corrected chi connectivity index (χ3v) is 4.09. The lowest BCUT2D eigenvalue weighted by Crippen LogP contribution is -2.44. The van der Waals surface area contributed by atoms with Gasteiger partial charge in [-0.1, -0.05) is 26.2 Å². The summed E-state index contributed by atoms with van der Waals surface area (Å²) in [5, 5.41) is 0. The van der Waals surface area contributed by atoms with Crippen LogP contribution in [-0.2, 0) is 0 Å². The highest BCUT2D eigenvalue weighted by Gasteiger charge is 2.34. The lowest BCUT2D eigenvalue weighted by atomic mass is 9.80. The van der Waals surface area contributed by atoms with E-state index < -0.39 is 0 Å². The van der Waals surface area contributed by atoms with Gasteiger partial charge in [-0.2, -0.15) is 0 Å². The molecule has 0 spiro atoms. The van der Waals surface area contributed by atoms with E-state index in [9.17, 15) is 0 Å². The van der Waals surface area contributed by atoms with Crippen LogP contribution in [0.1, 0.15) is 39.0 Å². The molecule has 0 N–H and O–H groups in total. The van der Waals surface area contributed by atoms with Crippen LogP contribution in [0.2, 0.25) is 0 Å². The van der Waals surface area contributed by atoms with E-state index in [0.29, 0.717) is 0 Å². The summed E-state index contributed by atoms with van der Waals surface area (Å²) in [4.78, 5) is 2.59. The summed E-state index contributed by atoms with van der Waals surface area (Å²) in [5.74, 6) is 2.01. The van der Waals surface area contributed by atoms with Gasteiger partial charge in [0.2, 0.25) is 0 Å². The van der Waals surface area contributed by atoms with Crippen molar-refractivity contribution in [2.75, 3.05) is 13.6 Å². The van der Waals surface area contributed by atoms with E-state index in [1.54, 1.807) is 0 Å². The highest BCUT2D eigenvalue weighted by molar-refractivity contribution is 4.87. The molecule has 1 aliphatic heterocycles. The lowest BCUT2D eigenvalue weighted by Gasteiger charge is -2.41. The molecule has 2 unspecified atom stereocenters. The van der Waals surface area contributed by atoms with Crippen LogP contribution >= 0.6 is 0 Å². The van der Waals surface area contributed by atoms with Gasteiger partial charge in [0.1, 0.15) is 0 Å². The fourth-order valence-corrected chi connectivity index (χ4v) is 3.16. The minimum Gasteiger partial charge on any atom is -0.303 e. The monoisotopic (exact) mass is 167 g/mol. The van der Waals surface area contributed by atoms with Crippen LogP contribution < -0.4 is 0 Å². The maximum Gasteiger partial charge on any atom is 0.0120 e. The normalized spacial score (nSPS) is 44.0. The molecule has 70 valence electrons. The second-order valence-electron chi connectivity index (χ2n) is 4.74. The first-order valence-electron chi connectivity index (χ1n) is 5.49. The van der Waals surface area contributed by atoms with Crippen LogP contribution in [-0.4, -0.2) is 24.5 Å². The van der Waals surface area contributed by atoms with Gasteiger partial charge < -0.3 is 4.90 Å². The van der Waals surface area contributed by atoms with E-state index in [0.717, 1.165) is 17.9 Å². The maximum absolute atomic E-state index is 2.59. The average molecular weight is 167 g/mol. The number of hydrogen-bond donors (Lipinski definition) is 0. The zero-order valence-electron chi connectivity index (χ0n) is 8.42. The molecule has 0 radical (unpaired) electrons. The van der Waals surface area contributed by atoms with Crippen molar-refractivity contribution >= 4 is 0 Å². The van der Waals surface area contributed by atoms with Crippen molar-refractivity contribution in [1.29, 1.82) is 0 Å². The molecule has 1 saturated heterocycles. The first-order chi connectivity index (χ1) is 5.79. The Bertz CT molecular complexity index is 155. The smallest absolute Gasteiger partial charge is 0.0120 e. The molecule has 0 aromatic rings. The first-order valence-corrected chi connectivity index (χ1v) is 5.49. The van der Waals surface area contributed by atoms with Crippen molar-refractivity contribution in [3.8, 4) is 0 Å². The van der Waals surface area contributed by atoms with Crippen molar-refractivity contribution < 1.29 is 0 Å². The highest BCUT2D eigenvalue weighted by Crippen LogP contribution is 2.36. The van der Waals surface area contributed by atoms with Gasteiger partial charge in [-0.15, -0.1) is 0 Å². The summed E-state index contributed by atoms with van der Waals surface area (Å²) in [6.45, 7) is 3.82. The Morgan fingerprint density at radius 3 is 2.67 bits per heavy atom. The minimum atomic E-state index is 0.909. The number of piperidine rings is 1. The molecule has 3 atom stereocenters. The van der Waals surface area contributed by atoms with E-state index in [4.69, 9.17) is 0 Å². The average Bonchev–Trinajstić information content (AvgIpc) is 2.16. The standard InChI is InChI=1S/C11H21N/c1-9-10-5-3-4-6-11(9)12(2)8-7-10/h9-11H,3-8H2,1-2H3/t9-,10?,11?/m0/s1. The quantitative estimate of drug-likeness (QED) is 0.536. The Kier molecular flexibility index (Phi) is 2.40. The summed E-state index contributed by atoms with van der Waals surface area (Å²) in [6, 6.07) is 0.909. The van der Waals surface area contributed by atoms with E-state index in [2.05, 4.69) is 18.9 Å². The number of fused-ring (bicyclic) bond motifs is 2. The van der Waals surface area contributed by atoms with Gasteiger partial charge in [0.25, 0.3) is 0 Å². The third kappa shape index (κ3) is 1.39. The Morgan fingerprint density at radius 1 is 1.08 bits per heavy atom. The van der Waals surface area contributed by atoms with Crippen LogP contribution in [0.3, 0.4) is 0 Å². The maximum atomic E-state index is 2.59. The van der Waals surface area contributed by atoms with Gasteiger partial charge in [0, 0.05) is 6.04 Å². The molecule has 0 aromatic heterocycles. The summed E-state index contributed by atoms with van der Waals surface area (Å²) in [7, 11) is 2.31. The summed E-state index contributed by atoms with van der Waals surface area (Å²) < 4.78 is 0. The van der Waals surface area contributed by atoms with E-state index in [1.807, 2.05) is 0 Å². The Hall–Kier alpha value is -0.0400. The largest absolute Gasteiger partial charge is 0.303 e. The zero-order chi connectivity index (χ0) is 8.55. The van der Waals surface area contributed by atoms with Crippen molar-refractivity contribution in [3.05, 3.63) is 0 Å². The molecule has 1 heteroatoms. The van der Waals surface area contributed by atoms with Crippen LogP contribution in [0.4, 0.5) is 0 Å². The van der Waals surface area contributed by atoms with Crippen LogP contribution in [0, 0.1) is 11.8 Å². The highest BCUT2D eigenvalue weighted by atomic mass is 15.1. The van der Waals surface area contributed by atoms with E-state index in [1.165, 1.54) is 38.6 Å². The van der Waals surface area contributed by atoms with Crippen LogP contribution in [0.15, 0.2) is 0 Å². The van der Waals surface area contributed by atoms with Gasteiger partial charge >= 0.3 is 0 Å². The summed E-state index contributed by atoms with van der Waals surface area (Å²) in [5.41, 5.74) is 0. The molecular weight excluding hydrogens is 146 g/mol. The predicted molar refractivity (Wildman–Crippen MR) is 52.2 cm³/mol. The van der Waals surface area contributed by atoms with Crippen molar-refractivity contribution in [3.63, 3.8) is 0 Å². The molecule has 1 aliphatic carbocycles. The van der Waals surface area contributed by atoms with E-state index in [-0.39, 0.29) is 0 Å². The molecular formula is C11H21N. The van der Waals surface area contributed by atoms with Gasteiger partial charge in [-0.05, 0) is 38.3 Å². The number of likely N-dealkylation sites (tertiary alicyclic amines) is 1. The zero-order valence-corrected chi connectivity index (χ0v) is 8.42. The molecule has 2 bridgehead atoms. The summed E-state index contributed by atoms with van der Waals surface area (Å²) in [6.07, 6.45) is 7.36. The van der Waals surface area contributed by atoms with Crippen molar-refractivity contribution in [1.82, 2.24) is 4.90 Å². The molecule has 0 aromatic carbocycles. The van der Waals surface area contributed by atoms with Crippen LogP contribution in [0.25, 0.3) is 0 Å². The Morgan fingerprint density at radius 2 is 1.83 bits per heavy atom. The number of rotatable bonds is 0. The molecule has 0 amide bonds. The minimum absolute atomic E-state index is 0.909. The fourth-order valence-electron chi connectivity index (χ4n) is 3.16. The van der Waals surface area contributed by atoms with Gasteiger partial charge in [-0.3, -0.25) is 0 Å². The first kappa shape index (κ1) is 8.55. The second-order valence-corrected chi connectivity index (χ2v) is 4.74. The molecule has 2 aliphatic rings. The molecule has 2 fully saturated rings. The predicted octanol–water partition coefficient (Wildman–Crippen LogP) is 2.52. The fraction of sp³-hybridized carbons (Fsp3) is 1.00. The number of hydrogen-bond acceptors (Lipinski definition) is 1. The summed E-state index contributed by atoms with van der Waals surface area (Å²) >= 11 is 0. The second kappa shape index (κ2) is 3.37. The topological polar surface area (TPSA) is 3.24 Å². The number of nitrogens with zero attached hydrogens (tertiary/aromatic N) is 1. The Balaban J connectivity index is 2.11. The molecule has 1 nitrogen and oxygen atoms in total. The van der Waals surface area contributed by atoms with Gasteiger partial charge in [0.05, 0.1) is 0 Å².